The molecule has 9 heteroatoms. The fraction of sp³-hybridized carbons (Fsp3) is 0.778. The zero-order chi connectivity index (χ0) is 13.9. The number of carboxylic acids is 1. The first-order chi connectivity index (χ1) is 8.36. The molecule has 1 rings (SSSR count). The molecule has 1 heterocycles. The number of hydrogen-bond donors (Lipinski definition) is 6. The van der Waals surface area contributed by atoms with Crippen LogP contribution in [0.3, 0.4) is 0 Å². The molecule has 1 saturated heterocycles. The van der Waals surface area contributed by atoms with Crippen LogP contribution < -0.4 is 5.32 Å². The molecule has 3 unspecified atom stereocenters. The second kappa shape index (κ2) is 6.07. The second-order valence-electron chi connectivity index (χ2n) is 3.89. The highest BCUT2D eigenvalue weighted by Gasteiger charge is 2.44. The summed E-state index contributed by atoms with van der Waals surface area (Å²) >= 11 is 0. The lowest BCUT2D eigenvalue weighted by atomic mass is 9.97. The second-order valence-corrected chi connectivity index (χ2v) is 3.89. The van der Waals surface area contributed by atoms with Crippen LogP contribution in [0.4, 0.5) is 0 Å². The highest BCUT2D eigenvalue weighted by Crippen LogP contribution is 2.19. The Hall–Kier alpha value is -1.26. The van der Waals surface area contributed by atoms with Gasteiger partial charge in [0.25, 0.3) is 0 Å². The molecule has 0 spiro atoms. The molecule has 104 valence electrons. The number of aliphatic hydroxyl groups excluding tert-OH is 4. The van der Waals surface area contributed by atoms with Crippen LogP contribution in [0, 0.1) is 0 Å². The Bertz CT molecular complexity index is 322. The van der Waals surface area contributed by atoms with E-state index < -0.39 is 55.5 Å². The average molecular weight is 265 g/mol. The van der Waals surface area contributed by atoms with Crippen molar-refractivity contribution in [1.29, 1.82) is 0 Å². The minimum atomic E-state index is -1.65. The summed E-state index contributed by atoms with van der Waals surface area (Å²) < 4.78 is 4.77. The van der Waals surface area contributed by atoms with E-state index in [1.54, 1.807) is 0 Å². The van der Waals surface area contributed by atoms with Gasteiger partial charge in [-0.2, -0.15) is 0 Å². The maximum Gasteiger partial charge on any atom is 0.312 e. The van der Waals surface area contributed by atoms with Crippen molar-refractivity contribution < 1.29 is 39.9 Å². The minimum absolute atomic E-state index is 0.620. The molecule has 0 saturated carbocycles. The van der Waals surface area contributed by atoms with Crippen molar-refractivity contribution in [3.63, 3.8) is 0 Å². The molecular formula is C9H15NO8. The highest BCUT2D eigenvalue weighted by molar-refractivity contribution is 5.93. The molecule has 6 N–H and O–H groups in total. The summed E-state index contributed by atoms with van der Waals surface area (Å²) in [5.74, 6) is -2.31. The van der Waals surface area contributed by atoms with Gasteiger partial charge in [-0.25, -0.2) is 0 Å². The molecule has 0 radical (unpaired) electrons. The van der Waals surface area contributed by atoms with Gasteiger partial charge in [-0.1, -0.05) is 0 Å². The van der Waals surface area contributed by atoms with Crippen molar-refractivity contribution in [3.8, 4) is 0 Å². The Morgan fingerprint density at radius 1 is 1.17 bits per heavy atom. The van der Waals surface area contributed by atoms with Crippen molar-refractivity contribution in [2.24, 2.45) is 0 Å². The van der Waals surface area contributed by atoms with Gasteiger partial charge in [0, 0.05) is 0 Å². The zero-order valence-electron chi connectivity index (χ0n) is 9.26. The van der Waals surface area contributed by atoms with Gasteiger partial charge in [0.2, 0.25) is 5.91 Å². The van der Waals surface area contributed by atoms with Crippen LogP contribution in [0.5, 0.6) is 0 Å². The van der Waals surface area contributed by atoms with Crippen molar-refractivity contribution in [1.82, 2.24) is 5.32 Å². The number of carbonyl (C=O) groups is 2. The molecular weight excluding hydrogens is 250 g/mol. The van der Waals surface area contributed by atoms with Crippen LogP contribution in [0.25, 0.3) is 0 Å². The van der Waals surface area contributed by atoms with Gasteiger partial charge in [-0.15, -0.1) is 0 Å². The number of rotatable bonds is 4. The summed E-state index contributed by atoms with van der Waals surface area (Å²) in [5, 5.41) is 47.8. The molecule has 0 aromatic heterocycles. The van der Waals surface area contributed by atoms with Gasteiger partial charge in [0.15, 0.2) is 6.29 Å². The molecule has 1 fully saturated rings. The van der Waals surface area contributed by atoms with Gasteiger partial charge in [0.05, 0.1) is 6.61 Å². The lowest BCUT2D eigenvalue weighted by molar-refractivity contribution is -0.253. The van der Waals surface area contributed by atoms with Crippen molar-refractivity contribution in [2.45, 2.75) is 37.1 Å². The molecule has 0 aliphatic carbocycles. The van der Waals surface area contributed by atoms with Gasteiger partial charge >= 0.3 is 5.97 Å². The van der Waals surface area contributed by atoms with Crippen molar-refractivity contribution in [3.05, 3.63) is 0 Å². The topological polar surface area (TPSA) is 157 Å². The third-order valence-corrected chi connectivity index (χ3v) is 2.54. The van der Waals surface area contributed by atoms with Crippen LogP contribution in [0.15, 0.2) is 0 Å². The standard InChI is InChI=1S/C9H15NO8/c11-2-3-7(15)8(16)6(9(17)18-3)10-4(12)1-5(13)14/h3,6-9,11,15-17H,1-2H2,(H,10,12)(H,13,14)/t3?,6-,7?,8-,9?/m1/s1. The Labute approximate surface area is 102 Å². The smallest absolute Gasteiger partial charge is 0.312 e. The summed E-state index contributed by atoms with van der Waals surface area (Å²) in [6.07, 6.45) is -6.76. The monoisotopic (exact) mass is 265 g/mol. The molecule has 1 amide bonds. The number of ether oxygens (including phenoxy) is 1. The minimum Gasteiger partial charge on any atom is -0.481 e. The lowest BCUT2D eigenvalue weighted by Gasteiger charge is -2.40. The Kier molecular flexibility index (Phi) is 4.99. The predicted molar refractivity (Wildman–Crippen MR) is 54.2 cm³/mol. The van der Waals surface area contributed by atoms with Gasteiger partial charge < -0.3 is 35.6 Å². The summed E-state index contributed by atoms with van der Waals surface area (Å²) in [4.78, 5) is 21.4. The number of carboxylic acid groups (broad SMARTS) is 1. The summed E-state index contributed by atoms with van der Waals surface area (Å²) in [7, 11) is 0. The van der Waals surface area contributed by atoms with E-state index in [4.69, 9.17) is 14.9 Å². The third kappa shape index (κ3) is 3.37. The average Bonchev–Trinajstić information content (AvgIpc) is 2.28. The van der Waals surface area contributed by atoms with Gasteiger partial charge in [0.1, 0.15) is 30.8 Å². The maximum atomic E-state index is 11.2. The van der Waals surface area contributed by atoms with Crippen LogP contribution in [0.1, 0.15) is 6.42 Å². The Morgan fingerprint density at radius 2 is 1.78 bits per heavy atom. The van der Waals surface area contributed by atoms with Gasteiger partial charge in [-0.3, -0.25) is 9.59 Å². The first-order valence-electron chi connectivity index (χ1n) is 5.18. The Balaban J connectivity index is 2.65. The SMILES string of the molecule is O=C(O)CC(=O)N[C@H]1C(O)OC(CO)C(O)[C@@H]1O. The first-order valence-corrected chi connectivity index (χ1v) is 5.18. The summed E-state index contributed by atoms with van der Waals surface area (Å²) in [6.45, 7) is -0.620. The third-order valence-electron chi connectivity index (χ3n) is 2.54. The van der Waals surface area contributed by atoms with E-state index in [1.165, 1.54) is 0 Å². The quantitative estimate of drug-likeness (QED) is 0.284. The number of nitrogens with one attached hydrogen (secondary N) is 1. The van der Waals surface area contributed by atoms with E-state index >= 15 is 0 Å². The van der Waals surface area contributed by atoms with E-state index in [0.717, 1.165) is 0 Å². The molecule has 9 nitrogen and oxygen atoms in total. The van der Waals surface area contributed by atoms with Crippen LogP contribution in [-0.4, -0.2) is 74.7 Å². The van der Waals surface area contributed by atoms with Crippen LogP contribution in [0.2, 0.25) is 0 Å². The first kappa shape index (κ1) is 14.8. The zero-order valence-corrected chi connectivity index (χ0v) is 9.26. The molecule has 0 aromatic carbocycles. The normalized spacial score (nSPS) is 36.1. The van der Waals surface area contributed by atoms with E-state index in [1.807, 2.05) is 5.32 Å². The number of carbonyl (C=O) groups excluding carboxylic acids is 1. The van der Waals surface area contributed by atoms with Crippen LogP contribution >= 0.6 is 0 Å². The number of aliphatic carboxylic acids is 1. The molecule has 0 bridgehead atoms. The Morgan fingerprint density at radius 3 is 2.28 bits per heavy atom. The highest BCUT2D eigenvalue weighted by atomic mass is 16.6. The summed E-state index contributed by atoms with van der Waals surface area (Å²) in [5.41, 5.74) is 0. The maximum absolute atomic E-state index is 11.2. The van der Waals surface area contributed by atoms with E-state index in [9.17, 15) is 24.9 Å². The van der Waals surface area contributed by atoms with E-state index in [0.29, 0.717) is 0 Å². The van der Waals surface area contributed by atoms with Crippen molar-refractivity contribution >= 4 is 11.9 Å². The van der Waals surface area contributed by atoms with Crippen molar-refractivity contribution in [2.75, 3.05) is 6.61 Å². The largest absolute Gasteiger partial charge is 0.481 e. The molecule has 1 aliphatic rings. The van der Waals surface area contributed by atoms with E-state index in [2.05, 4.69) is 0 Å². The fourth-order valence-corrected chi connectivity index (χ4v) is 1.63. The number of hydrogen-bond acceptors (Lipinski definition) is 7. The molecule has 5 atom stereocenters. The summed E-state index contributed by atoms with van der Waals surface area (Å²) in [6, 6.07) is -1.37. The number of aliphatic hydroxyl groups is 4. The predicted octanol–water partition coefficient (Wildman–Crippen LogP) is -3.62. The fourth-order valence-electron chi connectivity index (χ4n) is 1.63. The molecule has 18 heavy (non-hydrogen) atoms. The van der Waals surface area contributed by atoms with Gasteiger partial charge in [-0.05, 0) is 0 Å². The molecule has 1 aliphatic heterocycles. The molecule has 0 aromatic rings. The lowest BCUT2D eigenvalue weighted by Crippen LogP contribution is -2.64. The van der Waals surface area contributed by atoms with Crippen LogP contribution in [-0.2, 0) is 14.3 Å². The van der Waals surface area contributed by atoms with E-state index in [-0.39, 0.29) is 0 Å². The number of amides is 1.